The van der Waals surface area contributed by atoms with Gasteiger partial charge in [0.25, 0.3) is 0 Å². The summed E-state index contributed by atoms with van der Waals surface area (Å²) in [5, 5.41) is 0.265. The van der Waals surface area contributed by atoms with Crippen LogP contribution in [-0.4, -0.2) is 22.1 Å². The van der Waals surface area contributed by atoms with Gasteiger partial charge in [0.2, 0.25) is 0 Å². The van der Waals surface area contributed by atoms with Gasteiger partial charge in [-0.15, -0.1) is 11.6 Å². The van der Waals surface area contributed by atoms with Gasteiger partial charge in [0.1, 0.15) is 11.9 Å². The first kappa shape index (κ1) is 15.1. The molecule has 1 heterocycles. The summed E-state index contributed by atoms with van der Waals surface area (Å²) in [6.07, 6.45) is 0. The molecule has 0 radical (unpaired) electrons. The van der Waals surface area contributed by atoms with Crippen molar-refractivity contribution in [3.05, 3.63) is 29.0 Å². The maximum atomic E-state index is 12.0. The number of halogens is 2. The SMILES string of the molecule is CCOC(=O)C(C)n1c(C(C)Cl)nc2ccc(Cl)cc21. The van der Waals surface area contributed by atoms with Gasteiger partial charge in [-0.25, -0.2) is 9.78 Å². The molecule has 6 heteroatoms. The number of imidazole rings is 1. The van der Waals surface area contributed by atoms with E-state index in [0.29, 0.717) is 17.5 Å². The molecule has 20 heavy (non-hydrogen) atoms. The number of benzene rings is 1. The molecule has 1 aromatic carbocycles. The minimum Gasteiger partial charge on any atom is -0.464 e. The molecule has 2 atom stereocenters. The first-order chi connectivity index (χ1) is 9.45. The van der Waals surface area contributed by atoms with Gasteiger partial charge in [0.15, 0.2) is 0 Å². The molecule has 1 aromatic heterocycles. The third kappa shape index (κ3) is 2.76. The summed E-state index contributed by atoms with van der Waals surface area (Å²) in [6, 6.07) is 4.85. The van der Waals surface area contributed by atoms with Crippen LogP contribution in [0.3, 0.4) is 0 Å². The van der Waals surface area contributed by atoms with Gasteiger partial charge in [-0.2, -0.15) is 0 Å². The van der Waals surface area contributed by atoms with Crippen LogP contribution >= 0.6 is 23.2 Å². The lowest BCUT2D eigenvalue weighted by atomic mass is 10.2. The van der Waals surface area contributed by atoms with Gasteiger partial charge in [0, 0.05) is 5.02 Å². The van der Waals surface area contributed by atoms with E-state index in [1.54, 1.807) is 30.5 Å². The monoisotopic (exact) mass is 314 g/mol. The Bertz CT molecular complexity index is 637. The second kappa shape index (κ2) is 6.02. The molecule has 0 bridgehead atoms. The maximum absolute atomic E-state index is 12.0. The number of hydrogen-bond acceptors (Lipinski definition) is 3. The van der Waals surface area contributed by atoms with Crippen molar-refractivity contribution in [3.8, 4) is 0 Å². The molecule has 0 saturated carbocycles. The first-order valence-electron chi connectivity index (χ1n) is 6.43. The second-order valence-electron chi connectivity index (χ2n) is 4.52. The molecule has 0 spiro atoms. The smallest absolute Gasteiger partial charge is 0.328 e. The lowest BCUT2D eigenvalue weighted by Gasteiger charge is -2.17. The minimum absolute atomic E-state index is 0.314. The molecule has 0 fully saturated rings. The van der Waals surface area contributed by atoms with Crippen molar-refractivity contribution >= 4 is 40.2 Å². The summed E-state index contributed by atoms with van der Waals surface area (Å²) in [7, 11) is 0. The number of ether oxygens (including phenoxy) is 1. The van der Waals surface area contributed by atoms with Crippen LogP contribution in [0.25, 0.3) is 11.0 Å². The molecular weight excluding hydrogens is 299 g/mol. The van der Waals surface area contributed by atoms with Gasteiger partial charge in [-0.3, -0.25) is 0 Å². The number of aromatic nitrogens is 2. The zero-order valence-corrected chi connectivity index (χ0v) is 13.1. The lowest BCUT2D eigenvalue weighted by Crippen LogP contribution is -2.21. The molecule has 2 rings (SSSR count). The lowest BCUT2D eigenvalue weighted by molar-refractivity contribution is -0.146. The third-order valence-corrected chi connectivity index (χ3v) is 3.48. The average molecular weight is 315 g/mol. The number of alkyl halides is 1. The van der Waals surface area contributed by atoms with Crippen molar-refractivity contribution in [2.75, 3.05) is 6.61 Å². The van der Waals surface area contributed by atoms with Crippen LogP contribution in [0.2, 0.25) is 5.02 Å². The number of carbonyl (C=O) groups is 1. The number of carbonyl (C=O) groups excluding carboxylic acids is 1. The van der Waals surface area contributed by atoms with Crippen LogP contribution in [0.1, 0.15) is 38.0 Å². The van der Waals surface area contributed by atoms with E-state index in [4.69, 9.17) is 27.9 Å². The number of fused-ring (bicyclic) bond motifs is 1. The second-order valence-corrected chi connectivity index (χ2v) is 5.61. The molecule has 0 amide bonds. The number of esters is 1. The molecule has 2 unspecified atom stereocenters. The standard InChI is InChI=1S/C14H16Cl2N2O2/c1-4-20-14(19)9(3)18-12-7-10(16)5-6-11(12)17-13(18)8(2)15/h5-9H,4H2,1-3H3. The summed E-state index contributed by atoms with van der Waals surface area (Å²) < 4.78 is 6.87. The largest absolute Gasteiger partial charge is 0.464 e. The van der Waals surface area contributed by atoms with Crippen molar-refractivity contribution in [1.29, 1.82) is 0 Å². The topological polar surface area (TPSA) is 44.1 Å². The Morgan fingerprint density at radius 1 is 1.45 bits per heavy atom. The molecule has 0 aliphatic heterocycles. The highest BCUT2D eigenvalue weighted by Crippen LogP contribution is 2.30. The molecule has 4 nitrogen and oxygen atoms in total. The quantitative estimate of drug-likeness (QED) is 0.630. The van der Waals surface area contributed by atoms with Gasteiger partial charge in [0.05, 0.1) is 23.0 Å². The van der Waals surface area contributed by atoms with E-state index < -0.39 is 6.04 Å². The zero-order chi connectivity index (χ0) is 14.9. The molecule has 0 aliphatic carbocycles. The highest BCUT2D eigenvalue weighted by atomic mass is 35.5. The van der Waals surface area contributed by atoms with Gasteiger partial charge >= 0.3 is 5.97 Å². The van der Waals surface area contributed by atoms with E-state index in [1.165, 1.54) is 0 Å². The van der Waals surface area contributed by atoms with Crippen molar-refractivity contribution in [3.63, 3.8) is 0 Å². The van der Waals surface area contributed by atoms with E-state index in [2.05, 4.69) is 4.98 Å². The predicted molar refractivity (Wildman–Crippen MR) is 80.4 cm³/mol. The summed E-state index contributed by atoms with van der Waals surface area (Å²) in [5.41, 5.74) is 1.54. The third-order valence-electron chi connectivity index (χ3n) is 3.05. The molecular formula is C14H16Cl2N2O2. The Hall–Kier alpha value is -1.26. The van der Waals surface area contributed by atoms with Crippen molar-refractivity contribution in [2.24, 2.45) is 0 Å². The Balaban J connectivity index is 2.61. The van der Waals surface area contributed by atoms with E-state index >= 15 is 0 Å². The van der Waals surface area contributed by atoms with E-state index in [9.17, 15) is 4.79 Å². The van der Waals surface area contributed by atoms with E-state index in [-0.39, 0.29) is 11.3 Å². The van der Waals surface area contributed by atoms with Crippen molar-refractivity contribution < 1.29 is 9.53 Å². The number of hydrogen-bond donors (Lipinski definition) is 0. The molecule has 108 valence electrons. The van der Waals surface area contributed by atoms with Gasteiger partial charge in [-0.05, 0) is 39.0 Å². The summed E-state index contributed by atoms with van der Waals surface area (Å²) in [6.45, 7) is 5.70. The average Bonchev–Trinajstić information content (AvgIpc) is 2.76. The molecule has 2 aromatic rings. The van der Waals surface area contributed by atoms with Crippen LogP contribution in [0, 0.1) is 0 Å². The van der Waals surface area contributed by atoms with Crippen LogP contribution in [0.15, 0.2) is 18.2 Å². The predicted octanol–water partition coefficient (Wildman–Crippen LogP) is 4.11. The van der Waals surface area contributed by atoms with E-state index in [0.717, 1.165) is 11.0 Å². The molecule has 0 N–H and O–H groups in total. The van der Waals surface area contributed by atoms with Gasteiger partial charge < -0.3 is 9.30 Å². The van der Waals surface area contributed by atoms with Crippen LogP contribution in [0.5, 0.6) is 0 Å². The molecule has 0 aliphatic rings. The number of rotatable bonds is 4. The van der Waals surface area contributed by atoms with Crippen LogP contribution in [-0.2, 0) is 9.53 Å². The summed E-state index contributed by atoms with van der Waals surface area (Å²) in [5.74, 6) is 0.315. The molecule has 0 saturated heterocycles. The Morgan fingerprint density at radius 2 is 2.15 bits per heavy atom. The number of nitrogens with zero attached hydrogens (tertiary/aromatic N) is 2. The zero-order valence-electron chi connectivity index (χ0n) is 11.6. The van der Waals surface area contributed by atoms with Crippen molar-refractivity contribution in [2.45, 2.75) is 32.2 Å². The summed E-state index contributed by atoms with van der Waals surface area (Å²) in [4.78, 5) is 16.5. The fourth-order valence-corrected chi connectivity index (χ4v) is 2.46. The highest BCUT2D eigenvalue weighted by Gasteiger charge is 2.24. The normalized spacial score (nSPS) is 14.2. The summed E-state index contributed by atoms with van der Waals surface area (Å²) >= 11 is 12.2. The fourth-order valence-electron chi connectivity index (χ4n) is 2.14. The van der Waals surface area contributed by atoms with Crippen LogP contribution < -0.4 is 0 Å². The van der Waals surface area contributed by atoms with Gasteiger partial charge in [-0.1, -0.05) is 11.6 Å². The Labute approximate surface area is 127 Å². The minimum atomic E-state index is -0.505. The first-order valence-corrected chi connectivity index (χ1v) is 7.25. The Morgan fingerprint density at radius 3 is 2.75 bits per heavy atom. The maximum Gasteiger partial charge on any atom is 0.328 e. The van der Waals surface area contributed by atoms with Crippen molar-refractivity contribution in [1.82, 2.24) is 9.55 Å². The Kier molecular flexibility index (Phi) is 4.55. The van der Waals surface area contributed by atoms with E-state index in [1.807, 2.05) is 13.0 Å². The highest BCUT2D eigenvalue weighted by molar-refractivity contribution is 6.31. The van der Waals surface area contributed by atoms with Crippen LogP contribution in [0.4, 0.5) is 0 Å². The fraction of sp³-hybridized carbons (Fsp3) is 0.429.